The molecule has 2 aliphatic heterocycles. The summed E-state index contributed by atoms with van der Waals surface area (Å²) in [5.74, 6) is -2.00. The van der Waals surface area contributed by atoms with Gasteiger partial charge in [-0.25, -0.2) is 4.79 Å². The SMILES string of the molecule is CN1C(=O)C[C@H](C(=O)N2CCO[C@H](C(=O)O)C2)[C@@H]1c1cccc(Cl)c1. The number of morpholine rings is 1. The van der Waals surface area contributed by atoms with Crippen LogP contribution in [-0.2, 0) is 19.1 Å². The largest absolute Gasteiger partial charge is 0.479 e. The van der Waals surface area contributed by atoms with Gasteiger partial charge in [0.25, 0.3) is 0 Å². The van der Waals surface area contributed by atoms with Crippen LogP contribution in [0, 0.1) is 5.92 Å². The van der Waals surface area contributed by atoms with Crippen molar-refractivity contribution in [3.8, 4) is 0 Å². The van der Waals surface area contributed by atoms with E-state index < -0.39 is 24.0 Å². The molecule has 3 atom stereocenters. The Morgan fingerprint density at radius 3 is 2.80 bits per heavy atom. The fourth-order valence-corrected chi connectivity index (χ4v) is 3.67. The lowest BCUT2D eigenvalue weighted by atomic mass is 9.92. The van der Waals surface area contributed by atoms with Crippen molar-refractivity contribution in [3.63, 3.8) is 0 Å². The molecule has 0 radical (unpaired) electrons. The number of rotatable bonds is 3. The summed E-state index contributed by atoms with van der Waals surface area (Å²) in [7, 11) is 1.67. The Bertz CT molecular complexity index is 710. The Morgan fingerprint density at radius 1 is 1.36 bits per heavy atom. The lowest BCUT2D eigenvalue weighted by Gasteiger charge is -2.34. The first-order valence-corrected chi connectivity index (χ1v) is 8.40. The molecule has 8 heteroatoms. The summed E-state index contributed by atoms with van der Waals surface area (Å²) in [6.07, 6.45) is -0.932. The topological polar surface area (TPSA) is 87.2 Å². The molecule has 0 spiro atoms. The zero-order valence-electron chi connectivity index (χ0n) is 13.7. The second kappa shape index (κ2) is 7.01. The number of hydrogen-bond acceptors (Lipinski definition) is 4. The number of likely N-dealkylation sites (tertiary alicyclic amines) is 1. The maximum Gasteiger partial charge on any atom is 0.334 e. The molecular weight excluding hydrogens is 348 g/mol. The van der Waals surface area contributed by atoms with Gasteiger partial charge in [-0.05, 0) is 17.7 Å². The Kier molecular flexibility index (Phi) is 4.96. The average molecular weight is 367 g/mol. The van der Waals surface area contributed by atoms with Gasteiger partial charge in [0.2, 0.25) is 11.8 Å². The van der Waals surface area contributed by atoms with Crippen molar-refractivity contribution in [3.05, 3.63) is 34.9 Å². The van der Waals surface area contributed by atoms with E-state index in [1.165, 1.54) is 4.90 Å². The molecule has 1 aromatic rings. The van der Waals surface area contributed by atoms with E-state index in [1.807, 2.05) is 6.07 Å². The summed E-state index contributed by atoms with van der Waals surface area (Å²) >= 11 is 6.06. The monoisotopic (exact) mass is 366 g/mol. The molecule has 0 unspecified atom stereocenters. The molecule has 25 heavy (non-hydrogen) atoms. The van der Waals surface area contributed by atoms with Gasteiger partial charge in [0, 0.05) is 25.0 Å². The van der Waals surface area contributed by atoms with Gasteiger partial charge >= 0.3 is 5.97 Å². The third-order valence-corrected chi connectivity index (χ3v) is 4.98. The first-order valence-electron chi connectivity index (χ1n) is 8.03. The molecule has 0 aromatic heterocycles. The van der Waals surface area contributed by atoms with Gasteiger partial charge in [0.1, 0.15) is 0 Å². The van der Waals surface area contributed by atoms with Crippen LogP contribution in [0.2, 0.25) is 5.02 Å². The van der Waals surface area contributed by atoms with E-state index in [-0.39, 0.29) is 31.4 Å². The Labute approximate surface area is 150 Å². The molecule has 2 fully saturated rings. The van der Waals surface area contributed by atoms with Gasteiger partial charge in [-0.3, -0.25) is 9.59 Å². The highest BCUT2D eigenvalue weighted by Crippen LogP contribution is 2.39. The number of carboxylic acids is 1. The van der Waals surface area contributed by atoms with Gasteiger partial charge in [0.05, 0.1) is 25.1 Å². The minimum Gasteiger partial charge on any atom is -0.479 e. The summed E-state index contributed by atoms with van der Waals surface area (Å²) in [6.45, 7) is 0.477. The molecular formula is C17H19ClN2O5. The number of halogens is 1. The van der Waals surface area contributed by atoms with Crippen molar-refractivity contribution in [2.75, 3.05) is 26.7 Å². The third kappa shape index (κ3) is 3.48. The number of ether oxygens (including phenoxy) is 1. The number of hydrogen-bond donors (Lipinski definition) is 1. The van der Waals surface area contributed by atoms with Crippen LogP contribution in [0.1, 0.15) is 18.0 Å². The van der Waals surface area contributed by atoms with E-state index in [0.29, 0.717) is 11.6 Å². The lowest BCUT2D eigenvalue weighted by molar-refractivity contribution is -0.160. The van der Waals surface area contributed by atoms with Crippen LogP contribution in [0.3, 0.4) is 0 Å². The predicted molar refractivity (Wildman–Crippen MR) is 89.0 cm³/mol. The quantitative estimate of drug-likeness (QED) is 0.867. The summed E-state index contributed by atoms with van der Waals surface area (Å²) in [5, 5.41) is 9.64. The van der Waals surface area contributed by atoms with Gasteiger partial charge < -0.3 is 19.6 Å². The van der Waals surface area contributed by atoms with Crippen LogP contribution in [0.5, 0.6) is 0 Å². The van der Waals surface area contributed by atoms with Crippen LogP contribution in [0.25, 0.3) is 0 Å². The second-order valence-electron chi connectivity index (χ2n) is 6.30. The molecule has 134 valence electrons. The number of nitrogens with zero attached hydrogens (tertiary/aromatic N) is 2. The van der Waals surface area contributed by atoms with E-state index in [0.717, 1.165) is 5.56 Å². The van der Waals surface area contributed by atoms with E-state index >= 15 is 0 Å². The Balaban J connectivity index is 1.85. The second-order valence-corrected chi connectivity index (χ2v) is 6.73. The summed E-state index contributed by atoms with van der Waals surface area (Å²) in [4.78, 5) is 39.4. The van der Waals surface area contributed by atoms with E-state index in [2.05, 4.69) is 0 Å². The van der Waals surface area contributed by atoms with Gasteiger partial charge in [-0.15, -0.1) is 0 Å². The fourth-order valence-electron chi connectivity index (χ4n) is 3.47. The molecule has 2 heterocycles. The minimum absolute atomic E-state index is 0.00909. The third-order valence-electron chi connectivity index (χ3n) is 4.75. The maximum atomic E-state index is 13.0. The summed E-state index contributed by atoms with van der Waals surface area (Å²) in [5.41, 5.74) is 0.794. The van der Waals surface area contributed by atoms with Crippen molar-refractivity contribution >= 4 is 29.4 Å². The summed E-state index contributed by atoms with van der Waals surface area (Å²) in [6, 6.07) is 6.69. The molecule has 7 nitrogen and oxygen atoms in total. The van der Waals surface area contributed by atoms with Gasteiger partial charge in [-0.2, -0.15) is 0 Å². The van der Waals surface area contributed by atoms with Crippen LogP contribution < -0.4 is 0 Å². The first kappa shape index (κ1) is 17.7. The van der Waals surface area contributed by atoms with E-state index in [4.69, 9.17) is 21.4 Å². The minimum atomic E-state index is -1.09. The van der Waals surface area contributed by atoms with Crippen molar-refractivity contribution in [1.82, 2.24) is 9.80 Å². The van der Waals surface area contributed by atoms with Crippen LogP contribution in [0.4, 0.5) is 0 Å². The number of carboxylic acid groups (broad SMARTS) is 1. The van der Waals surface area contributed by atoms with Crippen molar-refractivity contribution < 1.29 is 24.2 Å². The summed E-state index contributed by atoms with van der Waals surface area (Å²) < 4.78 is 5.16. The highest BCUT2D eigenvalue weighted by Gasteiger charge is 2.45. The smallest absolute Gasteiger partial charge is 0.334 e. The number of amides is 2. The fraction of sp³-hybridized carbons (Fsp3) is 0.471. The maximum absolute atomic E-state index is 13.0. The number of aliphatic carboxylic acids is 1. The van der Waals surface area contributed by atoms with Crippen LogP contribution in [-0.4, -0.2) is 65.5 Å². The Hall–Kier alpha value is -2.12. The zero-order chi connectivity index (χ0) is 18.1. The molecule has 1 N–H and O–H groups in total. The molecule has 0 aliphatic carbocycles. The highest BCUT2D eigenvalue weighted by molar-refractivity contribution is 6.30. The van der Waals surface area contributed by atoms with Crippen LogP contribution >= 0.6 is 11.6 Å². The molecule has 2 amide bonds. The highest BCUT2D eigenvalue weighted by atomic mass is 35.5. The first-order chi connectivity index (χ1) is 11.9. The number of carbonyl (C=O) groups is 3. The van der Waals surface area contributed by atoms with Crippen molar-refractivity contribution in [2.24, 2.45) is 5.92 Å². The average Bonchev–Trinajstić information content (AvgIpc) is 2.89. The van der Waals surface area contributed by atoms with Crippen LogP contribution in [0.15, 0.2) is 24.3 Å². The van der Waals surface area contributed by atoms with Gasteiger partial charge in [0.15, 0.2) is 6.10 Å². The zero-order valence-corrected chi connectivity index (χ0v) is 14.5. The molecule has 1 aromatic carbocycles. The van der Waals surface area contributed by atoms with Gasteiger partial charge in [-0.1, -0.05) is 23.7 Å². The van der Waals surface area contributed by atoms with Crippen molar-refractivity contribution in [1.29, 1.82) is 0 Å². The van der Waals surface area contributed by atoms with E-state index in [9.17, 15) is 14.4 Å². The predicted octanol–water partition coefficient (Wildman–Crippen LogP) is 1.17. The number of benzene rings is 1. The lowest BCUT2D eigenvalue weighted by Crippen LogP contribution is -2.50. The molecule has 2 saturated heterocycles. The molecule has 0 saturated carbocycles. The molecule has 3 rings (SSSR count). The normalized spacial score (nSPS) is 26.8. The molecule has 0 bridgehead atoms. The Morgan fingerprint density at radius 2 is 2.12 bits per heavy atom. The van der Waals surface area contributed by atoms with Crippen molar-refractivity contribution in [2.45, 2.75) is 18.6 Å². The number of carbonyl (C=O) groups excluding carboxylic acids is 2. The molecule has 2 aliphatic rings. The van der Waals surface area contributed by atoms with E-state index in [1.54, 1.807) is 30.1 Å². The standard InChI is InChI=1S/C17H19ClN2O5/c1-19-14(21)8-12(15(19)10-3-2-4-11(18)7-10)16(22)20-5-6-25-13(9-20)17(23)24/h2-4,7,12-13,15H,5-6,8-9H2,1H3,(H,23,24)/t12-,13-,15-/m0/s1.